The molecule has 2 aromatic heterocycles. The second-order valence-electron chi connectivity index (χ2n) is 7.88. The number of anilines is 1. The van der Waals surface area contributed by atoms with E-state index in [0.717, 1.165) is 52.0 Å². The number of aliphatic carboxylic acids is 1. The highest BCUT2D eigenvalue weighted by molar-refractivity contribution is 6.06. The number of carbonyl (C=O) groups is 1. The Balaban J connectivity index is 1.74. The van der Waals surface area contributed by atoms with Crippen molar-refractivity contribution in [1.82, 2.24) is 9.97 Å². The van der Waals surface area contributed by atoms with Crippen LogP contribution in [0.15, 0.2) is 59.3 Å². The van der Waals surface area contributed by atoms with Gasteiger partial charge in [0.25, 0.3) is 0 Å². The van der Waals surface area contributed by atoms with Gasteiger partial charge in [0.05, 0.1) is 12.5 Å². The molecule has 33 heavy (non-hydrogen) atoms. The lowest BCUT2D eigenvalue weighted by Gasteiger charge is -2.10. The Hall–Kier alpha value is -3.87. The molecular formula is C26H27N3O4. The molecule has 0 aliphatic rings. The van der Waals surface area contributed by atoms with Gasteiger partial charge in [0.2, 0.25) is 5.71 Å². The Bertz CT molecular complexity index is 1250. The van der Waals surface area contributed by atoms with E-state index in [0.29, 0.717) is 24.5 Å². The molecule has 0 aliphatic carbocycles. The fraction of sp³-hybridized carbons (Fsp3) is 0.269. The number of ether oxygens (including phenoxy) is 1. The van der Waals surface area contributed by atoms with E-state index in [9.17, 15) is 4.79 Å². The van der Waals surface area contributed by atoms with Crippen LogP contribution >= 0.6 is 0 Å². The largest absolute Gasteiger partial charge is 0.497 e. The number of carboxylic acid groups (broad SMARTS) is 1. The first-order valence-electron chi connectivity index (χ1n) is 11.0. The molecule has 2 N–H and O–H groups in total. The van der Waals surface area contributed by atoms with Crippen molar-refractivity contribution in [2.24, 2.45) is 0 Å². The number of methoxy groups -OCH3 is 1. The molecule has 2 heterocycles. The minimum Gasteiger partial charge on any atom is -0.497 e. The lowest BCUT2D eigenvalue weighted by molar-refractivity contribution is -0.137. The predicted molar refractivity (Wildman–Crippen MR) is 129 cm³/mol. The minimum atomic E-state index is -0.758. The lowest BCUT2D eigenvalue weighted by Crippen LogP contribution is -2.04. The zero-order valence-electron chi connectivity index (χ0n) is 18.8. The van der Waals surface area contributed by atoms with Gasteiger partial charge in [-0.25, -0.2) is 9.97 Å². The van der Waals surface area contributed by atoms with Crippen LogP contribution in [0.5, 0.6) is 5.75 Å². The van der Waals surface area contributed by atoms with E-state index in [1.54, 1.807) is 7.11 Å². The maximum absolute atomic E-state index is 10.7. The molecule has 0 atom stereocenters. The summed E-state index contributed by atoms with van der Waals surface area (Å²) in [6.07, 6.45) is 4.03. The zero-order valence-corrected chi connectivity index (χ0v) is 18.8. The molecule has 0 amide bonds. The summed E-state index contributed by atoms with van der Waals surface area (Å²) < 4.78 is 11.6. The molecule has 4 rings (SSSR count). The van der Waals surface area contributed by atoms with Crippen LogP contribution in [0.1, 0.15) is 31.2 Å². The molecule has 7 nitrogen and oxygen atoms in total. The summed E-state index contributed by atoms with van der Waals surface area (Å²) in [5, 5.41) is 13.0. The molecule has 4 aromatic rings. The van der Waals surface area contributed by atoms with Crippen LogP contribution in [-0.2, 0) is 4.79 Å². The Labute approximate surface area is 192 Å². The number of furan rings is 1. The number of benzene rings is 2. The summed E-state index contributed by atoms with van der Waals surface area (Å²) in [6.45, 7) is 2.74. The number of fused-ring (bicyclic) bond motifs is 1. The van der Waals surface area contributed by atoms with Gasteiger partial charge in [0.15, 0.2) is 0 Å². The Morgan fingerprint density at radius 1 is 1.06 bits per heavy atom. The number of hydrogen-bond acceptors (Lipinski definition) is 6. The van der Waals surface area contributed by atoms with Gasteiger partial charge in [0.1, 0.15) is 23.7 Å². The summed E-state index contributed by atoms with van der Waals surface area (Å²) in [6, 6.07) is 16.0. The van der Waals surface area contributed by atoms with Crippen molar-refractivity contribution in [3.05, 3.63) is 60.4 Å². The first kappa shape index (κ1) is 22.3. The smallest absolute Gasteiger partial charge is 0.303 e. The van der Waals surface area contributed by atoms with Crippen molar-refractivity contribution < 1.29 is 19.1 Å². The number of carboxylic acids is 1. The molecule has 0 saturated carbocycles. The van der Waals surface area contributed by atoms with Crippen molar-refractivity contribution in [2.75, 3.05) is 19.0 Å². The molecule has 0 bridgehead atoms. The standard InChI is InChI=1S/C26H27N3O4/c1-17-8-5-6-9-20(17)24-22(18-11-13-19(32-2)14-12-18)23-25(28-16-29-26(23)33-24)27-15-7-3-4-10-21(30)31/h5-6,8-9,11-14,16H,3-4,7,10,15H2,1-2H3,(H,30,31)(H,27,28,29). The number of hydrogen-bond donors (Lipinski definition) is 2. The number of aromatic nitrogens is 2. The molecule has 0 radical (unpaired) electrons. The van der Waals surface area contributed by atoms with Crippen molar-refractivity contribution in [3.8, 4) is 28.2 Å². The third-order valence-electron chi connectivity index (χ3n) is 5.62. The van der Waals surface area contributed by atoms with E-state index in [2.05, 4.69) is 28.3 Å². The Kier molecular flexibility index (Phi) is 6.88. The van der Waals surface area contributed by atoms with Crippen LogP contribution in [-0.4, -0.2) is 34.7 Å². The topological polar surface area (TPSA) is 97.5 Å². The van der Waals surface area contributed by atoms with E-state index in [1.807, 2.05) is 42.5 Å². The van der Waals surface area contributed by atoms with Crippen LogP contribution in [0.25, 0.3) is 33.6 Å². The molecule has 2 aromatic carbocycles. The highest BCUT2D eigenvalue weighted by atomic mass is 16.5. The zero-order chi connectivity index (χ0) is 23.2. The average Bonchev–Trinajstić information content (AvgIpc) is 3.21. The molecule has 0 aliphatic heterocycles. The quantitative estimate of drug-likeness (QED) is 0.292. The Morgan fingerprint density at radius 2 is 1.85 bits per heavy atom. The van der Waals surface area contributed by atoms with E-state index in [4.69, 9.17) is 14.3 Å². The fourth-order valence-electron chi connectivity index (χ4n) is 3.90. The molecule has 0 saturated heterocycles. The lowest BCUT2D eigenvalue weighted by atomic mass is 9.97. The van der Waals surface area contributed by atoms with Gasteiger partial charge in [-0.05, 0) is 43.0 Å². The predicted octanol–water partition coefficient (Wildman–Crippen LogP) is 5.93. The van der Waals surface area contributed by atoms with Crippen molar-refractivity contribution in [3.63, 3.8) is 0 Å². The van der Waals surface area contributed by atoms with E-state index in [-0.39, 0.29) is 6.42 Å². The average molecular weight is 446 g/mol. The molecular weight excluding hydrogens is 418 g/mol. The van der Waals surface area contributed by atoms with Crippen LogP contribution in [0, 0.1) is 6.92 Å². The van der Waals surface area contributed by atoms with Crippen molar-refractivity contribution in [1.29, 1.82) is 0 Å². The number of nitrogens with zero attached hydrogens (tertiary/aromatic N) is 2. The molecule has 0 unspecified atom stereocenters. The molecule has 170 valence electrons. The van der Waals surface area contributed by atoms with Crippen LogP contribution in [0.3, 0.4) is 0 Å². The third kappa shape index (κ3) is 4.98. The summed E-state index contributed by atoms with van der Waals surface area (Å²) >= 11 is 0. The van der Waals surface area contributed by atoms with Gasteiger partial charge in [-0.3, -0.25) is 4.79 Å². The first-order chi connectivity index (χ1) is 16.1. The highest BCUT2D eigenvalue weighted by Gasteiger charge is 2.23. The van der Waals surface area contributed by atoms with Gasteiger partial charge in [-0.2, -0.15) is 0 Å². The van der Waals surface area contributed by atoms with Gasteiger partial charge in [-0.1, -0.05) is 42.8 Å². The summed E-state index contributed by atoms with van der Waals surface area (Å²) in [5.74, 6) is 1.47. The summed E-state index contributed by atoms with van der Waals surface area (Å²) in [4.78, 5) is 19.6. The molecule has 7 heteroatoms. The monoisotopic (exact) mass is 445 g/mol. The van der Waals surface area contributed by atoms with Crippen LogP contribution < -0.4 is 10.1 Å². The van der Waals surface area contributed by atoms with Gasteiger partial charge in [0, 0.05) is 24.1 Å². The fourth-order valence-corrected chi connectivity index (χ4v) is 3.90. The van der Waals surface area contributed by atoms with E-state index in [1.165, 1.54) is 6.33 Å². The third-order valence-corrected chi connectivity index (χ3v) is 5.62. The van der Waals surface area contributed by atoms with Crippen molar-refractivity contribution >= 4 is 22.9 Å². The van der Waals surface area contributed by atoms with E-state index >= 15 is 0 Å². The van der Waals surface area contributed by atoms with Crippen LogP contribution in [0.4, 0.5) is 5.82 Å². The normalized spacial score (nSPS) is 11.0. The van der Waals surface area contributed by atoms with Gasteiger partial charge < -0.3 is 19.6 Å². The van der Waals surface area contributed by atoms with Crippen LogP contribution in [0.2, 0.25) is 0 Å². The number of nitrogens with one attached hydrogen (secondary N) is 1. The number of aryl methyl sites for hydroxylation is 1. The van der Waals surface area contributed by atoms with Crippen molar-refractivity contribution in [2.45, 2.75) is 32.6 Å². The molecule has 0 fully saturated rings. The van der Waals surface area contributed by atoms with Gasteiger partial charge >= 0.3 is 5.97 Å². The first-order valence-corrected chi connectivity index (χ1v) is 11.0. The molecule has 0 spiro atoms. The second-order valence-corrected chi connectivity index (χ2v) is 7.88. The van der Waals surface area contributed by atoms with E-state index < -0.39 is 5.97 Å². The summed E-state index contributed by atoms with van der Waals surface area (Å²) in [7, 11) is 1.65. The minimum absolute atomic E-state index is 0.195. The maximum Gasteiger partial charge on any atom is 0.303 e. The second kappa shape index (κ2) is 10.2. The number of unbranched alkanes of at least 4 members (excludes halogenated alkanes) is 2. The highest BCUT2D eigenvalue weighted by Crippen LogP contribution is 2.43. The maximum atomic E-state index is 10.7. The summed E-state index contributed by atoms with van der Waals surface area (Å²) in [5.41, 5.74) is 4.53. The SMILES string of the molecule is COc1ccc(-c2c(-c3ccccc3C)oc3ncnc(NCCCCCC(=O)O)c23)cc1. The Morgan fingerprint density at radius 3 is 2.58 bits per heavy atom. The number of rotatable bonds is 10. The van der Waals surface area contributed by atoms with Gasteiger partial charge in [-0.15, -0.1) is 0 Å².